The molecule has 0 amide bonds. The van der Waals surface area contributed by atoms with Crippen molar-refractivity contribution in [1.29, 1.82) is 0 Å². The maximum atomic E-state index is 12.3. The zero-order chi connectivity index (χ0) is 14.1. The minimum atomic E-state index is 0.203. The van der Waals surface area contributed by atoms with E-state index >= 15 is 0 Å². The van der Waals surface area contributed by atoms with Crippen LogP contribution in [0.1, 0.15) is 48.8 Å². The van der Waals surface area contributed by atoms with Crippen LogP contribution in [-0.4, -0.2) is 40.3 Å². The standard InChI is InChI=1S/C16H21N3O/c1-11(2)16-17-13-6-5-12(9-14(13)18-16)15(20)10-19-7-3-4-8-19/h5-6,9,11H,3-4,7-8,10H2,1-2H3,(H,17,18). The van der Waals surface area contributed by atoms with Gasteiger partial charge in [-0.25, -0.2) is 4.98 Å². The number of imidazole rings is 1. The fourth-order valence-corrected chi connectivity index (χ4v) is 2.71. The summed E-state index contributed by atoms with van der Waals surface area (Å²) in [7, 11) is 0. The molecule has 0 radical (unpaired) electrons. The molecular formula is C16H21N3O. The lowest BCUT2D eigenvalue weighted by molar-refractivity contribution is 0.0945. The molecule has 0 spiro atoms. The van der Waals surface area contributed by atoms with Crippen LogP contribution in [0.5, 0.6) is 0 Å². The molecule has 1 aliphatic rings. The fraction of sp³-hybridized carbons (Fsp3) is 0.500. The molecule has 0 saturated carbocycles. The summed E-state index contributed by atoms with van der Waals surface area (Å²) >= 11 is 0. The van der Waals surface area contributed by atoms with Gasteiger partial charge in [0.1, 0.15) is 5.82 Å². The van der Waals surface area contributed by atoms with Crippen molar-refractivity contribution >= 4 is 16.8 Å². The highest BCUT2D eigenvalue weighted by Crippen LogP contribution is 2.19. The van der Waals surface area contributed by atoms with Crippen molar-refractivity contribution in [2.24, 2.45) is 0 Å². The van der Waals surface area contributed by atoms with E-state index in [1.807, 2.05) is 18.2 Å². The number of carbonyl (C=O) groups is 1. The number of rotatable bonds is 4. The summed E-state index contributed by atoms with van der Waals surface area (Å²) in [4.78, 5) is 22.4. The number of aromatic amines is 1. The molecule has 106 valence electrons. The van der Waals surface area contributed by atoms with Gasteiger partial charge in [-0.2, -0.15) is 0 Å². The zero-order valence-electron chi connectivity index (χ0n) is 12.1. The molecule has 0 unspecified atom stereocenters. The van der Waals surface area contributed by atoms with Crippen LogP contribution in [0.25, 0.3) is 11.0 Å². The van der Waals surface area contributed by atoms with E-state index in [0.29, 0.717) is 12.5 Å². The molecule has 3 rings (SSSR count). The first-order valence-corrected chi connectivity index (χ1v) is 7.38. The number of hydrogen-bond acceptors (Lipinski definition) is 3. The molecule has 1 aromatic carbocycles. The van der Waals surface area contributed by atoms with Crippen LogP contribution in [0.4, 0.5) is 0 Å². The second-order valence-corrected chi connectivity index (χ2v) is 5.92. The van der Waals surface area contributed by atoms with Crippen LogP contribution in [0, 0.1) is 0 Å². The highest BCUT2D eigenvalue weighted by atomic mass is 16.1. The Kier molecular flexibility index (Phi) is 3.57. The number of benzene rings is 1. The van der Waals surface area contributed by atoms with Gasteiger partial charge in [-0.05, 0) is 44.1 Å². The molecule has 20 heavy (non-hydrogen) atoms. The molecule has 1 fully saturated rings. The molecule has 0 atom stereocenters. The summed E-state index contributed by atoms with van der Waals surface area (Å²) in [6, 6.07) is 5.77. The van der Waals surface area contributed by atoms with Gasteiger partial charge in [0.15, 0.2) is 5.78 Å². The van der Waals surface area contributed by atoms with Crippen LogP contribution < -0.4 is 0 Å². The minimum absolute atomic E-state index is 0.203. The monoisotopic (exact) mass is 271 g/mol. The van der Waals surface area contributed by atoms with Crippen LogP contribution in [0.15, 0.2) is 18.2 Å². The van der Waals surface area contributed by atoms with Crippen LogP contribution >= 0.6 is 0 Å². The van der Waals surface area contributed by atoms with Gasteiger partial charge in [-0.15, -0.1) is 0 Å². The minimum Gasteiger partial charge on any atom is -0.342 e. The van der Waals surface area contributed by atoms with E-state index in [2.05, 4.69) is 28.7 Å². The van der Waals surface area contributed by atoms with Crippen molar-refractivity contribution in [3.63, 3.8) is 0 Å². The first kappa shape index (κ1) is 13.3. The van der Waals surface area contributed by atoms with Crippen LogP contribution in [-0.2, 0) is 0 Å². The third kappa shape index (κ3) is 2.61. The number of Topliss-reactive ketones (excluding diaryl/α,β-unsaturated/α-hetero) is 1. The lowest BCUT2D eigenvalue weighted by Crippen LogP contribution is -2.26. The van der Waals surface area contributed by atoms with Crippen LogP contribution in [0.3, 0.4) is 0 Å². The smallest absolute Gasteiger partial charge is 0.176 e. The number of aromatic nitrogens is 2. The lowest BCUT2D eigenvalue weighted by Gasteiger charge is -2.13. The Morgan fingerprint density at radius 3 is 2.80 bits per heavy atom. The molecule has 1 aromatic heterocycles. The fourth-order valence-electron chi connectivity index (χ4n) is 2.71. The number of nitrogens with zero attached hydrogens (tertiary/aromatic N) is 2. The largest absolute Gasteiger partial charge is 0.342 e. The molecule has 1 saturated heterocycles. The summed E-state index contributed by atoms with van der Waals surface area (Å²) in [6.45, 7) is 6.86. The first-order valence-electron chi connectivity index (χ1n) is 7.38. The van der Waals surface area contributed by atoms with Crippen molar-refractivity contribution in [1.82, 2.24) is 14.9 Å². The number of fused-ring (bicyclic) bond motifs is 1. The Balaban J connectivity index is 1.82. The number of hydrogen-bond donors (Lipinski definition) is 1. The molecule has 4 heteroatoms. The van der Waals surface area contributed by atoms with E-state index in [1.165, 1.54) is 12.8 Å². The number of H-pyrrole nitrogens is 1. The SMILES string of the molecule is CC(C)c1nc2ccc(C(=O)CN3CCCC3)cc2[nH]1. The first-order chi connectivity index (χ1) is 9.63. The molecule has 0 bridgehead atoms. The number of nitrogens with one attached hydrogen (secondary N) is 1. The summed E-state index contributed by atoms with van der Waals surface area (Å²) in [5.41, 5.74) is 2.68. The van der Waals surface area contributed by atoms with Gasteiger partial charge in [-0.1, -0.05) is 13.8 Å². The van der Waals surface area contributed by atoms with Gasteiger partial charge in [0, 0.05) is 11.5 Å². The Morgan fingerprint density at radius 2 is 2.10 bits per heavy atom. The summed E-state index contributed by atoms with van der Waals surface area (Å²) in [6.07, 6.45) is 2.43. The van der Waals surface area contributed by atoms with Crippen molar-refractivity contribution in [3.8, 4) is 0 Å². The Morgan fingerprint density at radius 1 is 1.35 bits per heavy atom. The second kappa shape index (κ2) is 5.37. The normalized spacial score (nSPS) is 16.4. The zero-order valence-corrected chi connectivity index (χ0v) is 12.1. The van der Waals surface area contributed by atoms with Gasteiger partial charge in [0.2, 0.25) is 0 Å². The molecule has 4 nitrogen and oxygen atoms in total. The highest BCUT2D eigenvalue weighted by molar-refractivity contribution is 6.00. The van der Waals surface area contributed by atoms with E-state index in [9.17, 15) is 4.79 Å². The predicted molar refractivity (Wildman–Crippen MR) is 80.2 cm³/mol. The van der Waals surface area contributed by atoms with Gasteiger partial charge >= 0.3 is 0 Å². The Hall–Kier alpha value is -1.68. The molecule has 2 heterocycles. The number of likely N-dealkylation sites (tertiary alicyclic amines) is 1. The van der Waals surface area contributed by atoms with Crippen molar-refractivity contribution in [2.75, 3.05) is 19.6 Å². The van der Waals surface area contributed by atoms with E-state index in [1.54, 1.807) is 0 Å². The molecule has 0 aliphatic carbocycles. The van der Waals surface area contributed by atoms with Crippen molar-refractivity contribution < 1.29 is 4.79 Å². The summed E-state index contributed by atoms with van der Waals surface area (Å²) < 4.78 is 0. The van der Waals surface area contributed by atoms with Gasteiger partial charge < -0.3 is 4.98 Å². The summed E-state index contributed by atoms with van der Waals surface area (Å²) in [5.74, 6) is 1.55. The molecular weight excluding hydrogens is 250 g/mol. The van der Waals surface area contributed by atoms with Crippen molar-refractivity contribution in [2.45, 2.75) is 32.6 Å². The molecule has 2 aromatic rings. The average molecular weight is 271 g/mol. The topological polar surface area (TPSA) is 49.0 Å². The lowest BCUT2D eigenvalue weighted by atomic mass is 10.1. The third-order valence-electron chi connectivity index (χ3n) is 3.93. The van der Waals surface area contributed by atoms with Crippen LogP contribution in [0.2, 0.25) is 0 Å². The van der Waals surface area contributed by atoms with Gasteiger partial charge in [-0.3, -0.25) is 9.69 Å². The molecule has 1 aliphatic heterocycles. The van der Waals surface area contributed by atoms with Gasteiger partial charge in [0.25, 0.3) is 0 Å². The van der Waals surface area contributed by atoms with E-state index < -0.39 is 0 Å². The van der Waals surface area contributed by atoms with E-state index in [0.717, 1.165) is 35.5 Å². The maximum absolute atomic E-state index is 12.3. The molecule has 1 N–H and O–H groups in total. The number of ketones is 1. The second-order valence-electron chi connectivity index (χ2n) is 5.92. The third-order valence-corrected chi connectivity index (χ3v) is 3.93. The van der Waals surface area contributed by atoms with Gasteiger partial charge in [0.05, 0.1) is 17.6 Å². The number of carbonyl (C=O) groups excluding carboxylic acids is 1. The van der Waals surface area contributed by atoms with E-state index in [-0.39, 0.29) is 5.78 Å². The quantitative estimate of drug-likeness (QED) is 0.870. The Bertz CT molecular complexity index is 624. The average Bonchev–Trinajstić information content (AvgIpc) is 3.05. The highest BCUT2D eigenvalue weighted by Gasteiger charge is 2.17. The van der Waals surface area contributed by atoms with Crippen molar-refractivity contribution in [3.05, 3.63) is 29.6 Å². The summed E-state index contributed by atoms with van der Waals surface area (Å²) in [5, 5.41) is 0. The van der Waals surface area contributed by atoms with E-state index in [4.69, 9.17) is 0 Å². The maximum Gasteiger partial charge on any atom is 0.176 e. The predicted octanol–water partition coefficient (Wildman–Crippen LogP) is 2.96. The Labute approximate surface area is 119 Å².